The minimum atomic E-state index is 0.225. The second-order valence-corrected chi connectivity index (χ2v) is 5.40. The van der Waals surface area contributed by atoms with E-state index in [1.54, 1.807) is 0 Å². The van der Waals surface area contributed by atoms with Gasteiger partial charge in [-0.25, -0.2) is 0 Å². The van der Waals surface area contributed by atoms with Crippen LogP contribution >= 0.6 is 0 Å². The smallest absolute Gasteiger partial charge is 0.220 e. The fourth-order valence-corrected chi connectivity index (χ4v) is 2.44. The summed E-state index contributed by atoms with van der Waals surface area (Å²) in [5.74, 6) is 1.57. The Bertz CT molecular complexity index is 218. The van der Waals surface area contributed by atoms with E-state index >= 15 is 0 Å². The number of rotatable bonds is 6. The van der Waals surface area contributed by atoms with Crippen LogP contribution in [0.25, 0.3) is 0 Å². The topological polar surface area (TPSA) is 55.1 Å². The number of carbonyl (C=O) groups is 1. The second kappa shape index (κ2) is 6.89. The molecule has 1 amide bonds. The first kappa shape index (κ1) is 13.5. The summed E-state index contributed by atoms with van der Waals surface area (Å²) in [5, 5.41) is 3.14. The molecular weight excluding hydrogens is 200 g/mol. The molecule has 0 aliphatic heterocycles. The van der Waals surface area contributed by atoms with Gasteiger partial charge in [0.15, 0.2) is 0 Å². The van der Waals surface area contributed by atoms with Gasteiger partial charge >= 0.3 is 0 Å². The molecule has 0 spiro atoms. The van der Waals surface area contributed by atoms with E-state index in [-0.39, 0.29) is 5.91 Å². The lowest BCUT2D eigenvalue weighted by Gasteiger charge is -2.14. The largest absolute Gasteiger partial charge is 0.353 e. The summed E-state index contributed by atoms with van der Waals surface area (Å²) >= 11 is 0. The number of carbonyl (C=O) groups excluding carboxylic acids is 1. The lowest BCUT2D eigenvalue weighted by molar-refractivity contribution is -0.122. The number of hydrogen-bond acceptors (Lipinski definition) is 2. The zero-order chi connectivity index (χ0) is 12.0. The Balaban J connectivity index is 2.11. The highest BCUT2D eigenvalue weighted by molar-refractivity contribution is 5.76. The van der Waals surface area contributed by atoms with Crippen LogP contribution in [0.4, 0.5) is 0 Å². The molecule has 1 aliphatic rings. The molecule has 0 radical (unpaired) electrons. The molecule has 3 N–H and O–H groups in total. The molecule has 0 bridgehead atoms. The molecule has 0 heterocycles. The standard InChI is InChI=1S/C13H26N2O/c1-10(7-8-14)4-6-13(16)15-12-5-3-11(2)9-12/h10-12H,3-9,14H2,1-2H3,(H,15,16). The van der Waals surface area contributed by atoms with E-state index in [2.05, 4.69) is 19.2 Å². The van der Waals surface area contributed by atoms with Crippen LogP contribution in [0.2, 0.25) is 0 Å². The average Bonchev–Trinajstić information content (AvgIpc) is 2.61. The highest BCUT2D eigenvalue weighted by Crippen LogP contribution is 2.24. The molecule has 0 aromatic heterocycles. The first-order chi connectivity index (χ1) is 7.61. The Hall–Kier alpha value is -0.570. The summed E-state index contributed by atoms with van der Waals surface area (Å²) in [5.41, 5.74) is 5.48. The van der Waals surface area contributed by atoms with Gasteiger partial charge in [-0.05, 0) is 50.5 Å². The molecule has 3 atom stereocenters. The van der Waals surface area contributed by atoms with Gasteiger partial charge in [0.1, 0.15) is 0 Å². The van der Waals surface area contributed by atoms with Crippen molar-refractivity contribution in [3.8, 4) is 0 Å². The van der Waals surface area contributed by atoms with Crippen LogP contribution in [0.3, 0.4) is 0 Å². The van der Waals surface area contributed by atoms with Crippen molar-refractivity contribution in [2.45, 2.75) is 58.4 Å². The highest BCUT2D eigenvalue weighted by Gasteiger charge is 2.22. The molecule has 1 fully saturated rings. The number of hydrogen-bond donors (Lipinski definition) is 2. The molecule has 3 nitrogen and oxygen atoms in total. The van der Waals surface area contributed by atoms with Crippen molar-refractivity contribution in [3.63, 3.8) is 0 Å². The van der Waals surface area contributed by atoms with Gasteiger partial charge in [0.05, 0.1) is 0 Å². The fraction of sp³-hybridized carbons (Fsp3) is 0.923. The minimum Gasteiger partial charge on any atom is -0.353 e. The third-order valence-corrected chi connectivity index (χ3v) is 3.58. The van der Waals surface area contributed by atoms with Crippen LogP contribution in [0.1, 0.15) is 52.4 Å². The molecular formula is C13H26N2O. The molecule has 0 saturated heterocycles. The van der Waals surface area contributed by atoms with E-state index in [0.717, 1.165) is 38.1 Å². The van der Waals surface area contributed by atoms with Crippen LogP contribution in [0.5, 0.6) is 0 Å². The van der Waals surface area contributed by atoms with Gasteiger partial charge in [0.2, 0.25) is 5.91 Å². The van der Waals surface area contributed by atoms with E-state index in [4.69, 9.17) is 5.73 Å². The molecule has 1 rings (SSSR count). The van der Waals surface area contributed by atoms with Crippen molar-refractivity contribution in [2.75, 3.05) is 6.54 Å². The number of nitrogens with one attached hydrogen (secondary N) is 1. The van der Waals surface area contributed by atoms with E-state index in [1.807, 2.05) is 0 Å². The van der Waals surface area contributed by atoms with Crippen LogP contribution in [0, 0.1) is 11.8 Å². The summed E-state index contributed by atoms with van der Waals surface area (Å²) in [6.07, 6.45) is 6.22. The SMILES string of the molecule is CC(CCN)CCC(=O)NC1CCC(C)C1. The number of amides is 1. The third kappa shape index (κ3) is 4.97. The van der Waals surface area contributed by atoms with Crippen LogP contribution in [-0.2, 0) is 4.79 Å². The number of nitrogens with two attached hydrogens (primary N) is 1. The molecule has 16 heavy (non-hydrogen) atoms. The van der Waals surface area contributed by atoms with E-state index in [1.165, 1.54) is 6.42 Å². The van der Waals surface area contributed by atoms with Gasteiger partial charge in [-0.2, -0.15) is 0 Å². The maximum Gasteiger partial charge on any atom is 0.220 e. The summed E-state index contributed by atoms with van der Waals surface area (Å²) < 4.78 is 0. The Morgan fingerprint density at radius 3 is 2.75 bits per heavy atom. The minimum absolute atomic E-state index is 0.225. The molecule has 1 saturated carbocycles. The predicted molar refractivity (Wildman–Crippen MR) is 67.0 cm³/mol. The van der Waals surface area contributed by atoms with Crippen LogP contribution in [0.15, 0.2) is 0 Å². The van der Waals surface area contributed by atoms with Gasteiger partial charge in [-0.15, -0.1) is 0 Å². The van der Waals surface area contributed by atoms with Crippen molar-refractivity contribution in [1.82, 2.24) is 5.32 Å². The lowest BCUT2D eigenvalue weighted by atomic mass is 10.0. The summed E-state index contributed by atoms with van der Waals surface area (Å²) in [6.45, 7) is 5.15. The molecule has 94 valence electrons. The monoisotopic (exact) mass is 226 g/mol. The van der Waals surface area contributed by atoms with E-state index in [9.17, 15) is 4.79 Å². The normalized spacial score (nSPS) is 26.7. The Morgan fingerprint density at radius 2 is 2.19 bits per heavy atom. The van der Waals surface area contributed by atoms with Crippen molar-refractivity contribution >= 4 is 5.91 Å². The predicted octanol–water partition coefficient (Wildman–Crippen LogP) is 2.06. The maximum absolute atomic E-state index is 11.7. The molecule has 1 aliphatic carbocycles. The molecule has 0 aromatic rings. The fourth-order valence-electron chi connectivity index (χ4n) is 2.44. The second-order valence-electron chi connectivity index (χ2n) is 5.40. The highest BCUT2D eigenvalue weighted by atomic mass is 16.1. The molecule has 0 aromatic carbocycles. The first-order valence-corrected chi connectivity index (χ1v) is 6.61. The van der Waals surface area contributed by atoms with E-state index < -0.39 is 0 Å². The summed E-state index contributed by atoms with van der Waals surface area (Å²) in [7, 11) is 0. The summed E-state index contributed by atoms with van der Waals surface area (Å²) in [4.78, 5) is 11.7. The molecule has 3 heteroatoms. The lowest BCUT2D eigenvalue weighted by Crippen LogP contribution is -2.32. The average molecular weight is 226 g/mol. The Kier molecular flexibility index (Phi) is 5.81. The van der Waals surface area contributed by atoms with Gasteiger partial charge < -0.3 is 11.1 Å². The summed E-state index contributed by atoms with van der Waals surface area (Å²) in [6, 6.07) is 0.437. The van der Waals surface area contributed by atoms with Crippen LogP contribution in [-0.4, -0.2) is 18.5 Å². The Morgan fingerprint density at radius 1 is 1.44 bits per heavy atom. The van der Waals surface area contributed by atoms with Crippen molar-refractivity contribution in [2.24, 2.45) is 17.6 Å². The van der Waals surface area contributed by atoms with Crippen molar-refractivity contribution in [3.05, 3.63) is 0 Å². The van der Waals surface area contributed by atoms with Crippen LogP contribution < -0.4 is 11.1 Å². The third-order valence-electron chi connectivity index (χ3n) is 3.58. The van der Waals surface area contributed by atoms with Crippen molar-refractivity contribution in [1.29, 1.82) is 0 Å². The molecule has 3 unspecified atom stereocenters. The first-order valence-electron chi connectivity index (χ1n) is 6.61. The van der Waals surface area contributed by atoms with Crippen molar-refractivity contribution < 1.29 is 4.79 Å². The Labute approximate surface area is 99.2 Å². The van der Waals surface area contributed by atoms with Gasteiger partial charge in [-0.1, -0.05) is 13.8 Å². The van der Waals surface area contributed by atoms with Gasteiger partial charge in [0.25, 0.3) is 0 Å². The maximum atomic E-state index is 11.7. The zero-order valence-electron chi connectivity index (χ0n) is 10.7. The quantitative estimate of drug-likeness (QED) is 0.728. The van der Waals surface area contributed by atoms with Gasteiger partial charge in [0, 0.05) is 12.5 Å². The van der Waals surface area contributed by atoms with E-state index in [0.29, 0.717) is 18.4 Å². The zero-order valence-corrected chi connectivity index (χ0v) is 10.7. The van der Waals surface area contributed by atoms with Gasteiger partial charge in [-0.3, -0.25) is 4.79 Å².